The molecule has 0 radical (unpaired) electrons. The quantitative estimate of drug-likeness (QED) is 0.805. The summed E-state index contributed by atoms with van der Waals surface area (Å²) >= 11 is 5.55. The molecule has 0 amide bonds. The fourth-order valence-electron chi connectivity index (χ4n) is 2.52. The summed E-state index contributed by atoms with van der Waals surface area (Å²) in [6, 6.07) is 12.7. The minimum absolute atomic E-state index is 0.704. The van der Waals surface area contributed by atoms with Crippen LogP contribution in [0.5, 0.6) is 0 Å². The molecule has 0 aromatic heterocycles. The second-order valence-electron chi connectivity index (χ2n) is 5.60. The summed E-state index contributed by atoms with van der Waals surface area (Å²) in [7, 11) is 1.99. The van der Waals surface area contributed by atoms with Crippen LogP contribution in [0, 0.1) is 27.7 Å². The van der Waals surface area contributed by atoms with Gasteiger partial charge >= 0.3 is 0 Å². The van der Waals surface area contributed by atoms with E-state index in [2.05, 4.69) is 63.3 Å². The molecule has 0 heterocycles. The van der Waals surface area contributed by atoms with Crippen LogP contribution in [0.25, 0.3) is 0 Å². The number of nitrogens with zero attached hydrogens (tertiary/aromatic N) is 1. The highest BCUT2D eigenvalue weighted by molar-refractivity contribution is 7.80. The lowest BCUT2D eigenvalue weighted by Crippen LogP contribution is -2.31. The van der Waals surface area contributed by atoms with Crippen LogP contribution in [0.4, 0.5) is 11.4 Å². The smallest absolute Gasteiger partial charge is 0.177 e. The first kappa shape index (κ1) is 15.5. The molecule has 0 aliphatic carbocycles. The molecule has 2 rings (SSSR count). The number of rotatable bonds is 2. The number of aryl methyl sites for hydroxylation is 4. The lowest BCUT2D eigenvalue weighted by atomic mass is 10.1. The van der Waals surface area contributed by atoms with Crippen LogP contribution in [-0.4, -0.2) is 12.2 Å². The van der Waals surface area contributed by atoms with Crippen molar-refractivity contribution in [1.82, 2.24) is 0 Å². The predicted molar refractivity (Wildman–Crippen MR) is 96.5 cm³/mol. The van der Waals surface area contributed by atoms with E-state index < -0.39 is 0 Å². The highest BCUT2D eigenvalue weighted by Gasteiger charge is 2.10. The van der Waals surface area contributed by atoms with Gasteiger partial charge in [-0.3, -0.25) is 0 Å². The molecule has 0 atom stereocenters. The Hall–Kier alpha value is -1.87. The van der Waals surface area contributed by atoms with Gasteiger partial charge in [-0.1, -0.05) is 29.8 Å². The molecule has 21 heavy (non-hydrogen) atoms. The standard InChI is InChI=1S/C18H22N2S/c1-12-7-6-8-16(11-12)20(5)18(21)19-17-14(3)9-13(2)10-15(17)4/h6-11H,1-5H3,(H,19,21). The molecule has 0 saturated carbocycles. The Morgan fingerprint density at radius 3 is 2.14 bits per heavy atom. The summed E-state index contributed by atoms with van der Waals surface area (Å²) in [6.07, 6.45) is 0. The van der Waals surface area contributed by atoms with Crippen LogP contribution in [0.1, 0.15) is 22.3 Å². The van der Waals surface area contributed by atoms with E-state index >= 15 is 0 Å². The fourth-order valence-corrected chi connectivity index (χ4v) is 2.73. The SMILES string of the molecule is Cc1cccc(N(C)C(=S)Nc2c(C)cc(C)cc2C)c1. The molecule has 0 aliphatic rings. The molecule has 2 nitrogen and oxygen atoms in total. The number of hydrogen-bond acceptors (Lipinski definition) is 1. The number of hydrogen-bond donors (Lipinski definition) is 1. The van der Waals surface area contributed by atoms with Crippen LogP contribution in [0.2, 0.25) is 0 Å². The van der Waals surface area contributed by atoms with Crippen molar-refractivity contribution in [3.8, 4) is 0 Å². The van der Waals surface area contributed by atoms with Gasteiger partial charge in [0.2, 0.25) is 0 Å². The average Bonchev–Trinajstić information content (AvgIpc) is 2.41. The van der Waals surface area contributed by atoms with Crippen LogP contribution < -0.4 is 10.2 Å². The molecule has 0 fully saturated rings. The molecule has 0 bridgehead atoms. The molecule has 0 aliphatic heterocycles. The Balaban J connectivity index is 2.22. The van der Waals surface area contributed by atoms with Gasteiger partial charge in [0.05, 0.1) is 0 Å². The minimum Gasteiger partial charge on any atom is -0.332 e. The van der Waals surface area contributed by atoms with Crippen molar-refractivity contribution >= 4 is 28.7 Å². The molecular formula is C18H22N2S. The fraction of sp³-hybridized carbons (Fsp3) is 0.278. The Bertz CT molecular complexity index is 654. The van der Waals surface area contributed by atoms with Gasteiger partial charge in [0.25, 0.3) is 0 Å². The van der Waals surface area contributed by atoms with Gasteiger partial charge in [-0.05, 0) is 68.7 Å². The van der Waals surface area contributed by atoms with Crippen LogP contribution >= 0.6 is 12.2 Å². The van der Waals surface area contributed by atoms with E-state index in [1.807, 2.05) is 18.0 Å². The van der Waals surface area contributed by atoms with E-state index in [0.717, 1.165) is 11.4 Å². The molecule has 2 aromatic carbocycles. The lowest BCUT2D eigenvalue weighted by Gasteiger charge is -2.23. The minimum atomic E-state index is 0.704. The van der Waals surface area contributed by atoms with Crippen molar-refractivity contribution in [3.63, 3.8) is 0 Å². The van der Waals surface area contributed by atoms with E-state index in [0.29, 0.717) is 5.11 Å². The maximum absolute atomic E-state index is 5.55. The van der Waals surface area contributed by atoms with Crippen molar-refractivity contribution in [2.75, 3.05) is 17.3 Å². The monoisotopic (exact) mass is 298 g/mol. The Morgan fingerprint density at radius 1 is 0.952 bits per heavy atom. The van der Waals surface area contributed by atoms with Crippen molar-refractivity contribution in [2.45, 2.75) is 27.7 Å². The van der Waals surface area contributed by atoms with Crippen LogP contribution in [0.3, 0.4) is 0 Å². The molecule has 0 saturated heterocycles. The molecular weight excluding hydrogens is 276 g/mol. The van der Waals surface area contributed by atoms with Gasteiger partial charge < -0.3 is 10.2 Å². The van der Waals surface area contributed by atoms with Gasteiger partial charge in [0, 0.05) is 18.4 Å². The van der Waals surface area contributed by atoms with Gasteiger partial charge in [-0.15, -0.1) is 0 Å². The Kier molecular flexibility index (Phi) is 4.63. The summed E-state index contributed by atoms with van der Waals surface area (Å²) in [5, 5.41) is 4.09. The predicted octanol–water partition coefficient (Wildman–Crippen LogP) is 4.75. The lowest BCUT2D eigenvalue weighted by molar-refractivity contribution is 1.25. The third-order valence-corrected chi connectivity index (χ3v) is 3.98. The number of anilines is 2. The summed E-state index contributed by atoms with van der Waals surface area (Å²) < 4.78 is 0. The van der Waals surface area contributed by atoms with Crippen molar-refractivity contribution < 1.29 is 0 Å². The summed E-state index contributed by atoms with van der Waals surface area (Å²) in [4.78, 5) is 2.00. The van der Waals surface area contributed by atoms with E-state index in [4.69, 9.17) is 12.2 Å². The summed E-state index contributed by atoms with van der Waals surface area (Å²) in [6.45, 7) is 8.41. The zero-order chi connectivity index (χ0) is 15.6. The first-order valence-electron chi connectivity index (χ1n) is 7.07. The zero-order valence-electron chi connectivity index (χ0n) is 13.3. The van der Waals surface area contributed by atoms with Gasteiger partial charge in [0.15, 0.2) is 5.11 Å². The summed E-state index contributed by atoms with van der Waals surface area (Å²) in [5.41, 5.74) is 7.12. The third kappa shape index (κ3) is 3.61. The van der Waals surface area contributed by atoms with Crippen molar-refractivity contribution in [3.05, 3.63) is 58.7 Å². The van der Waals surface area contributed by atoms with Crippen LogP contribution in [-0.2, 0) is 0 Å². The first-order valence-corrected chi connectivity index (χ1v) is 7.48. The summed E-state index contributed by atoms with van der Waals surface area (Å²) in [5.74, 6) is 0. The molecule has 0 unspecified atom stereocenters. The first-order chi connectivity index (χ1) is 9.88. The molecule has 0 spiro atoms. The molecule has 3 heteroatoms. The van der Waals surface area contributed by atoms with Crippen LogP contribution in [0.15, 0.2) is 36.4 Å². The molecule has 2 aromatic rings. The van der Waals surface area contributed by atoms with Crippen molar-refractivity contribution in [1.29, 1.82) is 0 Å². The number of benzene rings is 2. The van der Waals surface area contributed by atoms with Gasteiger partial charge in [-0.2, -0.15) is 0 Å². The largest absolute Gasteiger partial charge is 0.332 e. The van der Waals surface area contributed by atoms with E-state index in [1.165, 1.54) is 22.3 Å². The second kappa shape index (κ2) is 6.27. The maximum atomic E-state index is 5.55. The van der Waals surface area contributed by atoms with Crippen molar-refractivity contribution in [2.24, 2.45) is 0 Å². The third-order valence-electron chi connectivity index (χ3n) is 3.60. The molecule has 1 N–H and O–H groups in total. The van der Waals surface area contributed by atoms with E-state index in [1.54, 1.807) is 0 Å². The highest BCUT2D eigenvalue weighted by Crippen LogP contribution is 2.23. The van der Waals surface area contributed by atoms with Gasteiger partial charge in [0.1, 0.15) is 0 Å². The average molecular weight is 298 g/mol. The zero-order valence-corrected chi connectivity index (χ0v) is 14.1. The number of nitrogens with one attached hydrogen (secondary N) is 1. The topological polar surface area (TPSA) is 15.3 Å². The number of thiocarbonyl (C=S) groups is 1. The Morgan fingerprint density at radius 2 is 1.57 bits per heavy atom. The van der Waals surface area contributed by atoms with Gasteiger partial charge in [-0.25, -0.2) is 0 Å². The highest BCUT2D eigenvalue weighted by atomic mass is 32.1. The second-order valence-corrected chi connectivity index (χ2v) is 5.99. The normalized spacial score (nSPS) is 10.3. The molecule has 110 valence electrons. The maximum Gasteiger partial charge on any atom is 0.177 e. The van der Waals surface area contributed by atoms with E-state index in [9.17, 15) is 0 Å². The van der Waals surface area contributed by atoms with E-state index in [-0.39, 0.29) is 0 Å². The Labute approximate surface area is 132 Å².